The fraction of sp³-hybridized carbons (Fsp3) is 0.800. The molecular formula is C10H18O. The average Bonchev–Trinajstić information content (AvgIpc) is 2.03. The Hall–Kier alpha value is -0.300. The van der Waals surface area contributed by atoms with E-state index in [9.17, 15) is 5.11 Å². The zero-order valence-corrected chi connectivity index (χ0v) is 7.51. The maximum atomic E-state index is 9.35. The Morgan fingerprint density at radius 3 is 3.00 bits per heavy atom. The third-order valence-corrected chi connectivity index (χ3v) is 2.62. The second kappa shape index (κ2) is 3.91. The van der Waals surface area contributed by atoms with E-state index in [0.29, 0.717) is 5.92 Å². The number of aliphatic hydroxyl groups excluding tert-OH is 1. The highest BCUT2D eigenvalue weighted by atomic mass is 16.3. The van der Waals surface area contributed by atoms with Gasteiger partial charge in [0, 0.05) is 0 Å². The van der Waals surface area contributed by atoms with Crippen LogP contribution < -0.4 is 0 Å². The first kappa shape index (κ1) is 8.79. The topological polar surface area (TPSA) is 20.2 Å². The van der Waals surface area contributed by atoms with Crippen molar-refractivity contribution in [2.45, 2.75) is 45.6 Å². The lowest BCUT2D eigenvalue weighted by molar-refractivity contribution is 0.199. The van der Waals surface area contributed by atoms with Crippen LogP contribution in [0.3, 0.4) is 0 Å². The maximum Gasteiger partial charge on any atom is 0.0723 e. The molecule has 0 aromatic heterocycles. The van der Waals surface area contributed by atoms with E-state index in [1.54, 1.807) is 0 Å². The highest BCUT2D eigenvalue weighted by Crippen LogP contribution is 2.25. The standard InChI is InChI=1S/C10H18O/c1-3-8(2)9-5-4-6-10(11)7-9/h7-8,10-11H,3-6H2,1-2H3. The molecule has 1 aliphatic rings. The molecule has 1 rings (SSSR count). The number of allylic oxidation sites excluding steroid dienone is 1. The van der Waals surface area contributed by atoms with Crippen molar-refractivity contribution in [3.63, 3.8) is 0 Å². The van der Waals surface area contributed by atoms with E-state index in [0.717, 1.165) is 12.8 Å². The summed E-state index contributed by atoms with van der Waals surface area (Å²) in [6, 6.07) is 0. The van der Waals surface area contributed by atoms with E-state index in [2.05, 4.69) is 19.9 Å². The molecule has 0 heterocycles. The molecule has 0 fully saturated rings. The zero-order valence-electron chi connectivity index (χ0n) is 7.51. The van der Waals surface area contributed by atoms with E-state index >= 15 is 0 Å². The van der Waals surface area contributed by atoms with Crippen LogP contribution in [0.1, 0.15) is 39.5 Å². The van der Waals surface area contributed by atoms with Gasteiger partial charge < -0.3 is 5.11 Å². The lowest BCUT2D eigenvalue weighted by Crippen LogP contribution is -2.12. The molecule has 2 unspecified atom stereocenters. The van der Waals surface area contributed by atoms with Crippen LogP contribution in [-0.4, -0.2) is 11.2 Å². The molecule has 0 spiro atoms. The van der Waals surface area contributed by atoms with Gasteiger partial charge in [-0.1, -0.05) is 25.5 Å². The molecule has 0 amide bonds. The van der Waals surface area contributed by atoms with Crippen molar-refractivity contribution in [3.8, 4) is 0 Å². The van der Waals surface area contributed by atoms with Crippen molar-refractivity contribution in [3.05, 3.63) is 11.6 Å². The summed E-state index contributed by atoms with van der Waals surface area (Å²) in [4.78, 5) is 0. The lowest BCUT2D eigenvalue weighted by atomic mass is 9.88. The summed E-state index contributed by atoms with van der Waals surface area (Å²) in [5.41, 5.74) is 1.46. The largest absolute Gasteiger partial charge is 0.389 e. The van der Waals surface area contributed by atoms with Crippen LogP contribution in [0.4, 0.5) is 0 Å². The van der Waals surface area contributed by atoms with Gasteiger partial charge in [0.25, 0.3) is 0 Å². The van der Waals surface area contributed by atoms with Crippen LogP contribution in [-0.2, 0) is 0 Å². The first-order valence-electron chi connectivity index (χ1n) is 4.62. The SMILES string of the molecule is CCC(C)C1=CC(O)CCC1. The van der Waals surface area contributed by atoms with Gasteiger partial charge in [-0.2, -0.15) is 0 Å². The van der Waals surface area contributed by atoms with Gasteiger partial charge in [0.2, 0.25) is 0 Å². The Morgan fingerprint density at radius 2 is 2.45 bits per heavy atom. The lowest BCUT2D eigenvalue weighted by Gasteiger charge is -2.21. The van der Waals surface area contributed by atoms with E-state index in [-0.39, 0.29) is 6.10 Å². The van der Waals surface area contributed by atoms with Gasteiger partial charge in [-0.3, -0.25) is 0 Å². The van der Waals surface area contributed by atoms with Gasteiger partial charge in [0.05, 0.1) is 6.10 Å². The van der Waals surface area contributed by atoms with Crippen LogP contribution >= 0.6 is 0 Å². The highest BCUT2D eigenvalue weighted by Gasteiger charge is 2.14. The average molecular weight is 154 g/mol. The summed E-state index contributed by atoms with van der Waals surface area (Å²) < 4.78 is 0. The highest BCUT2D eigenvalue weighted by molar-refractivity contribution is 5.11. The van der Waals surface area contributed by atoms with Gasteiger partial charge >= 0.3 is 0 Å². The minimum absolute atomic E-state index is 0.159. The molecule has 1 nitrogen and oxygen atoms in total. The Kier molecular flexibility index (Phi) is 3.13. The quantitative estimate of drug-likeness (QED) is 0.606. The molecule has 1 heteroatoms. The number of hydrogen-bond donors (Lipinski definition) is 1. The Labute approximate surface area is 69.1 Å². The molecule has 0 aromatic carbocycles. The van der Waals surface area contributed by atoms with Gasteiger partial charge in [-0.25, -0.2) is 0 Å². The van der Waals surface area contributed by atoms with Crippen LogP contribution in [0.15, 0.2) is 11.6 Å². The third kappa shape index (κ3) is 2.33. The first-order chi connectivity index (χ1) is 5.24. The monoisotopic (exact) mass is 154 g/mol. The fourth-order valence-electron chi connectivity index (χ4n) is 1.60. The van der Waals surface area contributed by atoms with Crippen molar-refractivity contribution < 1.29 is 5.11 Å². The van der Waals surface area contributed by atoms with Crippen molar-refractivity contribution in [1.82, 2.24) is 0 Å². The molecule has 2 atom stereocenters. The van der Waals surface area contributed by atoms with Crippen LogP contribution in [0.5, 0.6) is 0 Å². The van der Waals surface area contributed by atoms with Gasteiger partial charge in [-0.15, -0.1) is 0 Å². The molecule has 0 saturated carbocycles. The third-order valence-electron chi connectivity index (χ3n) is 2.62. The maximum absolute atomic E-state index is 9.35. The summed E-state index contributed by atoms with van der Waals surface area (Å²) in [5, 5.41) is 9.35. The summed E-state index contributed by atoms with van der Waals surface area (Å²) >= 11 is 0. The van der Waals surface area contributed by atoms with Gasteiger partial charge in [-0.05, 0) is 31.6 Å². The zero-order chi connectivity index (χ0) is 8.27. The number of rotatable bonds is 2. The second-order valence-corrected chi connectivity index (χ2v) is 3.51. The van der Waals surface area contributed by atoms with Crippen LogP contribution in [0.25, 0.3) is 0 Å². The predicted octanol–water partition coefficient (Wildman–Crippen LogP) is 2.50. The van der Waals surface area contributed by atoms with Crippen molar-refractivity contribution in [2.24, 2.45) is 5.92 Å². The summed E-state index contributed by atoms with van der Waals surface area (Å²) in [6.45, 7) is 4.44. The van der Waals surface area contributed by atoms with E-state index in [1.807, 2.05) is 0 Å². The van der Waals surface area contributed by atoms with Gasteiger partial charge in [0.15, 0.2) is 0 Å². The van der Waals surface area contributed by atoms with Crippen molar-refractivity contribution >= 4 is 0 Å². The minimum Gasteiger partial charge on any atom is -0.389 e. The summed E-state index contributed by atoms with van der Waals surface area (Å²) in [6.07, 6.45) is 6.41. The molecule has 0 aliphatic heterocycles. The molecule has 11 heavy (non-hydrogen) atoms. The molecule has 0 bridgehead atoms. The normalized spacial score (nSPS) is 27.9. The second-order valence-electron chi connectivity index (χ2n) is 3.51. The van der Waals surface area contributed by atoms with Crippen LogP contribution in [0.2, 0.25) is 0 Å². The molecule has 64 valence electrons. The Bertz CT molecular complexity index is 149. The van der Waals surface area contributed by atoms with Crippen molar-refractivity contribution in [2.75, 3.05) is 0 Å². The predicted molar refractivity (Wildman–Crippen MR) is 47.4 cm³/mol. The van der Waals surface area contributed by atoms with E-state index in [1.165, 1.54) is 18.4 Å². The van der Waals surface area contributed by atoms with Gasteiger partial charge in [0.1, 0.15) is 0 Å². The van der Waals surface area contributed by atoms with Crippen molar-refractivity contribution in [1.29, 1.82) is 0 Å². The molecule has 1 aliphatic carbocycles. The fourth-order valence-corrected chi connectivity index (χ4v) is 1.60. The number of hydrogen-bond acceptors (Lipinski definition) is 1. The van der Waals surface area contributed by atoms with E-state index < -0.39 is 0 Å². The Balaban J connectivity index is 2.55. The summed E-state index contributed by atoms with van der Waals surface area (Å²) in [7, 11) is 0. The Morgan fingerprint density at radius 1 is 1.73 bits per heavy atom. The van der Waals surface area contributed by atoms with E-state index in [4.69, 9.17) is 0 Å². The minimum atomic E-state index is -0.159. The number of aliphatic hydroxyl groups is 1. The smallest absolute Gasteiger partial charge is 0.0723 e. The molecule has 0 saturated heterocycles. The molecule has 0 radical (unpaired) electrons. The summed E-state index contributed by atoms with van der Waals surface area (Å²) in [5.74, 6) is 0.671. The molecule has 0 aromatic rings. The molecular weight excluding hydrogens is 136 g/mol. The first-order valence-corrected chi connectivity index (χ1v) is 4.62. The van der Waals surface area contributed by atoms with Crippen LogP contribution in [0, 0.1) is 5.92 Å². The molecule has 1 N–H and O–H groups in total.